The topological polar surface area (TPSA) is 41.4 Å². The van der Waals surface area contributed by atoms with Crippen molar-refractivity contribution in [1.29, 1.82) is 0 Å². The Labute approximate surface area is 116 Å². The Morgan fingerprint density at radius 2 is 1.94 bits per heavy atom. The normalized spacial score (nSPS) is 17.5. The second kappa shape index (κ2) is 5.40. The fraction of sp³-hybridized carbons (Fsp3) is 0.667. The van der Waals surface area contributed by atoms with E-state index >= 15 is 0 Å². The van der Waals surface area contributed by atoms with Crippen LogP contribution in [0, 0.1) is 0 Å². The number of hydrogen-bond acceptors (Lipinski definition) is 3. The van der Waals surface area contributed by atoms with Gasteiger partial charge in [-0.3, -0.25) is 14.4 Å². The van der Waals surface area contributed by atoms with E-state index in [1.54, 1.807) is 10.9 Å². The smallest absolute Gasteiger partial charge is 0.258 e. The van der Waals surface area contributed by atoms with Gasteiger partial charge in [-0.15, -0.1) is 0 Å². The molecule has 1 fully saturated rings. The number of amides is 1. The van der Waals surface area contributed by atoms with Crippen molar-refractivity contribution in [3.63, 3.8) is 0 Å². The van der Waals surface area contributed by atoms with Gasteiger partial charge >= 0.3 is 0 Å². The van der Waals surface area contributed by atoms with Crippen LogP contribution in [0.2, 0.25) is 0 Å². The molecule has 1 aromatic rings. The van der Waals surface area contributed by atoms with E-state index in [0.717, 1.165) is 30.8 Å². The van der Waals surface area contributed by atoms with E-state index in [4.69, 9.17) is 0 Å². The van der Waals surface area contributed by atoms with Crippen molar-refractivity contribution in [2.24, 2.45) is 7.05 Å². The number of piperazine rings is 1. The van der Waals surface area contributed by atoms with Gasteiger partial charge in [0.05, 0.1) is 11.8 Å². The molecular formula is C12H19BrN4O. The summed E-state index contributed by atoms with van der Waals surface area (Å²) in [5.74, 6) is 0.0679. The van der Waals surface area contributed by atoms with Crippen LogP contribution in [-0.2, 0) is 7.05 Å². The number of hydrogen-bond donors (Lipinski definition) is 0. The molecule has 2 heterocycles. The van der Waals surface area contributed by atoms with Crippen molar-refractivity contribution >= 4 is 21.8 Å². The van der Waals surface area contributed by atoms with Gasteiger partial charge in [0.25, 0.3) is 5.91 Å². The predicted octanol–water partition coefficient (Wildman–Crippen LogP) is 1.35. The van der Waals surface area contributed by atoms with Gasteiger partial charge in [-0.1, -0.05) is 0 Å². The fourth-order valence-corrected chi connectivity index (χ4v) is 2.54. The van der Waals surface area contributed by atoms with E-state index in [1.807, 2.05) is 11.9 Å². The molecule has 1 aliphatic heterocycles. The first-order chi connectivity index (χ1) is 8.50. The SMILES string of the molecule is CC(C)N1CCN(C(=O)c2cnn(C)c2Br)CC1. The van der Waals surface area contributed by atoms with E-state index in [1.165, 1.54) is 0 Å². The Kier molecular flexibility index (Phi) is 4.07. The van der Waals surface area contributed by atoms with Crippen molar-refractivity contribution in [3.05, 3.63) is 16.4 Å². The molecule has 0 aliphatic carbocycles. The summed E-state index contributed by atoms with van der Waals surface area (Å²) in [5, 5.41) is 4.09. The van der Waals surface area contributed by atoms with Gasteiger partial charge in [0, 0.05) is 39.3 Å². The second-order valence-electron chi connectivity index (χ2n) is 4.89. The molecule has 1 aliphatic rings. The standard InChI is InChI=1S/C12H19BrN4O/c1-9(2)16-4-6-17(7-5-16)12(18)10-8-14-15(3)11(10)13/h8-9H,4-7H2,1-3H3. The molecular weight excluding hydrogens is 296 g/mol. The van der Waals surface area contributed by atoms with Crippen LogP contribution in [0.5, 0.6) is 0 Å². The average Bonchev–Trinajstić information content (AvgIpc) is 2.69. The highest BCUT2D eigenvalue weighted by molar-refractivity contribution is 9.10. The first-order valence-corrected chi connectivity index (χ1v) is 7.01. The minimum atomic E-state index is 0.0679. The van der Waals surface area contributed by atoms with E-state index in [9.17, 15) is 4.79 Å². The highest BCUT2D eigenvalue weighted by Gasteiger charge is 2.25. The molecule has 0 N–H and O–H groups in total. The van der Waals surface area contributed by atoms with E-state index < -0.39 is 0 Å². The minimum absolute atomic E-state index is 0.0679. The lowest BCUT2D eigenvalue weighted by atomic mass is 10.2. The van der Waals surface area contributed by atoms with Gasteiger partial charge in [-0.25, -0.2) is 0 Å². The third kappa shape index (κ3) is 2.59. The quantitative estimate of drug-likeness (QED) is 0.827. The third-order valence-corrected chi connectivity index (χ3v) is 4.37. The molecule has 1 amide bonds. The molecule has 2 rings (SSSR count). The molecule has 0 aromatic carbocycles. The van der Waals surface area contributed by atoms with Crippen LogP contribution in [0.1, 0.15) is 24.2 Å². The monoisotopic (exact) mass is 314 g/mol. The summed E-state index contributed by atoms with van der Waals surface area (Å²) in [6.07, 6.45) is 1.63. The molecule has 6 heteroatoms. The zero-order valence-electron chi connectivity index (χ0n) is 11.1. The largest absolute Gasteiger partial charge is 0.336 e. The van der Waals surface area contributed by atoms with Crippen LogP contribution in [0.25, 0.3) is 0 Å². The maximum absolute atomic E-state index is 12.3. The van der Waals surface area contributed by atoms with Gasteiger partial charge in [0.2, 0.25) is 0 Å². The van der Waals surface area contributed by atoms with Crippen LogP contribution >= 0.6 is 15.9 Å². The lowest BCUT2D eigenvalue weighted by Gasteiger charge is -2.36. The summed E-state index contributed by atoms with van der Waals surface area (Å²) < 4.78 is 2.41. The fourth-order valence-electron chi connectivity index (χ4n) is 2.18. The number of carbonyl (C=O) groups is 1. The zero-order valence-corrected chi connectivity index (χ0v) is 12.6. The highest BCUT2D eigenvalue weighted by atomic mass is 79.9. The third-order valence-electron chi connectivity index (χ3n) is 3.43. The maximum Gasteiger partial charge on any atom is 0.258 e. The van der Waals surface area contributed by atoms with Crippen LogP contribution in [-0.4, -0.2) is 57.7 Å². The van der Waals surface area contributed by atoms with Crippen LogP contribution < -0.4 is 0 Å². The second-order valence-corrected chi connectivity index (χ2v) is 5.65. The molecule has 0 spiro atoms. The Bertz CT molecular complexity index is 435. The van der Waals surface area contributed by atoms with Gasteiger partial charge < -0.3 is 4.90 Å². The summed E-state index contributed by atoms with van der Waals surface area (Å²) in [6.45, 7) is 7.85. The molecule has 0 bridgehead atoms. The lowest BCUT2D eigenvalue weighted by Crippen LogP contribution is -2.50. The Morgan fingerprint density at radius 3 is 2.39 bits per heavy atom. The minimum Gasteiger partial charge on any atom is -0.336 e. The van der Waals surface area contributed by atoms with Crippen LogP contribution in [0.3, 0.4) is 0 Å². The summed E-state index contributed by atoms with van der Waals surface area (Å²) >= 11 is 3.40. The van der Waals surface area contributed by atoms with Crippen LogP contribution in [0.15, 0.2) is 10.8 Å². The summed E-state index contributed by atoms with van der Waals surface area (Å²) in [5.41, 5.74) is 0.649. The lowest BCUT2D eigenvalue weighted by molar-refractivity contribution is 0.0594. The van der Waals surface area contributed by atoms with E-state index in [-0.39, 0.29) is 5.91 Å². The Balaban J connectivity index is 2.02. The van der Waals surface area contributed by atoms with Gasteiger partial charge in [-0.05, 0) is 29.8 Å². The summed E-state index contributed by atoms with van der Waals surface area (Å²) in [7, 11) is 1.82. The number of carbonyl (C=O) groups excluding carboxylic acids is 1. The van der Waals surface area contributed by atoms with E-state index in [0.29, 0.717) is 11.6 Å². The Hall–Kier alpha value is -0.880. The molecule has 0 atom stereocenters. The number of halogens is 1. The Morgan fingerprint density at radius 1 is 1.33 bits per heavy atom. The van der Waals surface area contributed by atoms with Crippen molar-refractivity contribution in [2.75, 3.05) is 26.2 Å². The number of aromatic nitrogens is 2. The average molecular weight is 315 g/mol. The maximum atomic E-state index is 12.3. The number of rotatable bonds is 2. The van der Waals surface area contributed by atoms with Gasteiger partial charge in [0.15, 0.2) is 0 Å². The van der Waals surface area contributed by atoms with Crippen molar-refractivity contribution < 1.29 is 4.79 Å². The molecule has 100 valence electrons. The molecule has 0 radical (unpaired) electrons. The summed E-state index contributed by atoms with van der Waals surface area (Å²) in [4.78, 5) is 16.6. The number of nitrogens with zero attached hydrogens (tertiary/aromatic N) is 4. The molecule has 1 aromatic heterocycles. The van der Waals surface area contributed by atoms with Crippen molar-refractivity contribution in [2.45, 2.75) is 19.9 Å². The van der Waals surface area contributed by atoms with Crippen molar-refractivity contribution in [1.82, 2.24) is 19.6 Å². The molecule has 1 saturated heterocycles. The number of aryl methyl sites for hydroxylation is 1. The van der Waals surface area contributed by atoms with Gasteiger partial charge in [-0.2, -0.15) is 5.10 Å². The first kappa shape index (κ1) is 13.5. The molecule has 0 unspecified atom stereocenters. The molecule has 0 saturated carbocycles. The predicted molar refractivity (Wildman–Crippen MR) is 73.5 cm³/mol. The van der Waals surface area contributed by atoms with E-state index in [2.05, 4.69) is 39.8 Å². The zero-order chi connectivity index (χ0) is 13.3. The first-order valence-electron chi connectivity index (χ1n) is 6.21. The van der Waals surface area contributed by atoms with Gasteiger partial charge in [0.1, 0.15) is 4.60 Å². The van der Waals surface area contributed by atoms with Crippen LogP contribution in [0.4, 0.5) is 0 Å². The molecule has 18 heavy (non-hydrogen) atoms. The highest BCUT2D eigenvalue weighted by Crippen LogP contribution is 2.18. The van der Waals surface area contributed by atoms with Crippen molar-refractivity contribution in [3.8, 4) is 0 Å². The molecule has 5 nitrogen and oxygen atoms in total. The summed E-state index contributed by atoms with van der Waals surface area (Å²) in [6, 6.07) is 0.549.